The van der Waals surface area contributed by atoms with Crippen molar-refractivity contribution >= 4 is 5.91 Å². The molecule has 0 N–H and O–H groups in total. The minimum atomic E-state index is 0.200. The second-order valence-corrected chi connectivity index (χ2v) is 4.27. The van der Waals surface area contributed by atoms with Gasteiger partial charge < -0.3 is 9.64 Å². The van der Waals surface area contributed by atoms with E-state index in [0.717, 1.165) is 25.9 Å². The van der Waals surface area contributed by atoms with Gasteiger partial charge in [0.15, 0.2) is 0 Å². The summed E-state index contributed by atoms with van der Waals surface area (Å²) < 4.78 is 5.57. The average molecular weight is 183 g/mol. The highest BCUT2D eigenvalue weighted by Gasteiger charge is 2.36. The molecular formula is C10H17NO2. The number of carbonyl (C=O) groups is 1. The van der Waals surface area contributed by atoms with E-state index in [9.17, 15) is 4.79 Å². The van der Waals surface area contributed by atoms with Crippen LogP contribution in [0, 0.1) is 5.92 Å². The number of rotatable bonds is 1. The zero-order valence-corrected chi connectivity index (χ0v) is 8.32. The third kappa shape index (κ3) is 2.02. The minimum absolute atomic E-state index is 0.200. The molecule has 0 radical (unpaired) electrons. The van der Waals surface area contributed by atoms with Gasteiger partial charge in [-0.05, 0) is 26.7 Å². The lowest BCUT2D eigenvalue weighted by Gasteiger charge is -2.35. The molecule has 1 amide bonds. The summed E-state index contributed by atoms with van der Waals surface area (Å²) in [6.07, 6.45) is 2.59. The molecule has 1 heterocycles. The van der Waals surface area contributed by atoms with Crippen molar-refractivity contribution in [1.82, 2.24) is 4.90 Å². The number of morpholine rings is 1. The molecule has 0 aromatic rings. The molecule has 2 rings (SSSR count). The molecular weight excluding hydrogens is 166 g/mol. The number of hydrogen-bond donors (Lipinski definition) is 0. The van der Waals surface area contributed by atoms with Gasteiger partial charge in [0.1, 0.15) is 0 Å². The molecule has 2 fully saturated rings. The smallest absolute Gasteiger partial charge is 0.225 e. The maximum atomic E-state index is 11.7. The predicted molar refractivity (Wildman–Crippen MR) is 49.3 cm³/mol. The van der Waals surface area contributed by atoms with Gasteiger partial charge in [-0.3, -0.25) is 4.79 Å². The summed E-state index contributed by atoms with van der Waals surface area (Å²) >= 11 is 0. The molecule has 13 heavy (non-hydrogen) atoms. The minimum Gasteiger partial charge on any atom is -0.372 e. The van der Waals surface area contributed by atoms with Gasteiger partial charge in [0.2, 0.25) is 5.91 Å². The van der Waals surface area contributed by atoms with Gasteiger partial charge in [-0.1, -0.05) is 0 Å². The van der Waals surface area contributed by atoms with E-state index in [1.807, 2.05) is 18.7 Å². The Hall–Kier alpha value is -0.570. The molecule has 2 atom stereocenters. The Morgan fingerprint density at radius 3 is 2.23 bits per heavy atom. The van der Waals surface area contributed by atoms with E-state index < -0.39 is 0 Å². The number of ether oxygens (including phenoxy) is 1. The molecule has 0 bridgehead atoms. The molecule has 74 valence electrons. The average Bonchev–Trinajstić information content (AvgIpc) is 2.83. The lowest BCUT2D eigenvalue weighted by molar-refractivity contribution is -0.144. The molecule has 1 aliphatic carbocycles. The second-order valence-electron chi connectivity index (χ2n) is 4.27. The van der Waals surface area contributed by atoms with Crippen LogP contribution in [0.2, 0.25) is 0 Å². The first kappa shape index (κ1) is 9.00. The molecule has 3 nitrogen and oxygen atoms in total. The van der Waals surface area contributed by atoms with Crippen LogP contribution in [0.4, 0.5) is 0 Å². The molecule has 2 aliphatic rings. The second kappa shape index (κ2) is 3.29. The number of nitrogens with zero attached hydrogens (tertiary/aromatic N) is 1. The van der Waals surface area contributed by atoms with Crippen molar-refractivity contribution in [1.29, 1.82) is 0 Å². The maximum absolute atomic E-state index is 11.7. The Kier molecular flexibility index (Phi) is 2.28. The monoisotopic (exact) mass is 183 g/mol. The standard InChI is InChI=1S/C10H17NO2/c1-7-5-11(6-8(2)13-7)10(12)9-3-4-9/h7-9H,3-6H2,1-2H3/t7-,8-/m1/s1. The first-order chi connectivity index (χ1) is 6.16. The maximum Gasteiger partial charge on any atom is 0.225 e. The Morgan fingerprint density at radius 1 is 1.23 bits per heavy atom. The van der Waals surface area contributed by atoms with Crippen LogP contribution in [0.15, 0.2) is 0 Å². The summed E-state index contributed by atoms with van der Waals surface area (Å²) in [6, 6.07) is 0. The predicted octanol–water partition coefficient (Wildman–Crippen LogP) is 1.03. The van der Waals surface area contributed by atoms with Gasteiger partial charge >= 0.3 is 0 Å². The SMILES string of the molecule is C[C@@H]1CN(C(=O)C2CC2)C[C@@H](C)O1. The quantitative estimate of drug-likeness (QED) is 0.607. The van der Waals surface area contributed by atoms with Crippen LogP contribution in [-0.2, 0) is 9.53 Å². The first-order valence-corrected chi connectivity index (χ1v) is 5.11. The highest BCUT2D eigenvalue weighted by molar-refractivity contribution is 5.81. The van der Waals surface area contributed by atoms with Crippen molar-refractivity contribution in [3.63, 3.8) is 0 Å². The van der Waals surface area contributed by atoms with E-state index in [2.05, 4.69) is 0 Å². The van der Waals surface area contributed by atoms with Crippen LogP contribution in [0.25, 0.3) is 0 Å². The number of hydrogen-bond acceptors (Lipinski definition) is 2. The summed E-state index contributed by atoms with van der Waals surface area (Å²) in [6.45, 7) is 5.62. The molecule has 1 saturated heterocycles. The third-order valence-electron chi connectivity index (χ3n) is 2.66. The van der Waals surface area contributed by atoms with Crippen LogP contribution in [0.5, 0.6) is 0 Å². The zero-order valence-electron chi connectivity index (χ0n) is 8.32. The van der Waals surface area contributed by atoms with Gasteiger partial charge in [-0.25, -0.2) is 0 Å². The van der Waals surface area contributed by atoms with E-state index in [1.165, 1.54) is 0 Å². The highest BCUT2D eigenvalue weighted by atomic mass is 16.5. The summed E-state index contributed by atoms with van der Waals surface area (Å²) in [5.41, 5.74) is 0. The Balaban J connectivity index is 1.93. The molecule has 0 spiro atoms. The highest BCUT2D eigenvalue weighted by Crippen LogP contribution is 2.31. The fourth-order valence-corrected chi connectivity index (χ4v) is 1.95. The van der Waals surface area contributed by atoms with Crippen LogP contribution in [0.1, 0.15) is 26.7 Å². The molecule has 0 aromatic heterocycles. The normalized spacial score (nSPS) is 34.8. The molecule has 1 aliphatic heterocycles. The summed E-state index contributed by atoms with van der Waals surface area (Å²) in [5.74, 6) is 0.694. The van der Waals surface area contributed by atoms with E-state index in [0.29, 0.717) is 11.8 Å². The van der Waals surface area contributed by atoms with Crippen molar-refractivity contribution in [3.8, 4) is 0 Å². The summed E-state index contributed by atoms with van der Waals surface area (Å²) in [7, 11) is 0. The summed E-state index contributed by atoms with van der Waals surface area (Å²) in [4.78, 5) is 13.7. The Labute approximate surface area is 79.0 Å². The van der Waals surface area contributed by atoms with Gasteiger partial charge in [0.05, 0.1) is 12.2 Å². The van der Waals surface area contributed by atoms with Gasteiger partial charge in [0.25, 0.3) is 0 Å². The number of carbonyl (C=O) groups excluding carboxylic acids is 1. The lowest BCUT2D eigenvalue weighted by atomic mass is 10.2. The Bertz CT molecular complexity index is 203. The van der Waals surface area contributed by atoms with E-state index in [1.54, 1.807) is 0 Å². The van der Waals surface area contributed by atoms with E-state index in [-0.39, 0.29) is 12.2 Å². The van der Waals surface area contributed by atoms with Crippen molar-refractivity contribution in [2.75, 3.05) is 13.1 Å². The fourth-order valence-electron chi connectivity index (χ4n) is 1.95. The van der Waals surface area contributed by atoms with Crippen LogP contribution in [0.3, 0.4) is 0 Å². The van der Waals surface area contributed by atoms with Crippen molar-refractivity contribution in [2.45, 2.75) is 38.9 Å². The topological polar surface area (TPSA) is 29.5 Å². The van der Waals surface area contributed by atoms with Crippen molar-refractivity contribution in [2.24, 2.45) is 5.92 Å². The summed E-state index contributed by atoms with van der Waals surface area (Å²) in [5, 5.41) is 0. The van der Waals surface area contributed by atoms with Crippen LogP contribution >= 0.6 is 0 Å². The van der Waals surface area contributed by atoms with E-state index >= 15 is 0 Å². The molecule has 1 saturated carbocycles. The largest absolute Gasteiger partial charge is 0.372 e. The van der Waals surface area contributed by atoms with E-state index in [4.69, 9.17) is 4.74 Å². The molecule has 0 aromatic carbocycles. The first-order valence-electron chi connectivity index (χ1n) is 5.11. The lowest BCUT2D eigenvalue weighted by Crippen LogP contribution is -2.48. The van der Waals surface area contributed by atoms with Crippen LogP contribution in [-0.4, -0.2) is 36.1 Å². The Morgan fingerprint density at radius 2 is 1.77 bits per heavy atom. The van der Waals surface area contributed by atoms with Crippen molar-refractivity contribution < 1.29 is 9.53 Å². The van der Waals surface area contributed by atoms with Gasteiger partial charge in [0, 0.05) is 19.0 Å². The molecule has 3 heteroatoms. The zero-order chi connectivity index (χ0) is 9.42. The fraction of sp³-hybridized carbons (Fsp3) is 0.900. The van der Waals surface area contributed by atoms with Crippen LogP contribution < -0.4 is 0 Å². The van der Waals surface area contributed by atoms with Gasteiger partial charge in [-0.15, -0.1) is 0 Å². The number of amides is 1. The molecule has 0 unspecified atom stereocenters. The van der Waals surface area contributed by atoms with Crippen molar-refractivity contribution in [3.05, 3.63) is 0 Å². The third-order valence-corrected chi connectivity index (χ3v) is 2.66. The van der Waals surface area contributed by atoms with Gasteiger partial charge in [-0.2, -0.15) is 0 Å².